The van der Waals surface area contributed by atoms with Crippen LogP contribution in [0.2, 0.25) is 0 Å². The van der Waals surface area contributed by atoms with Crippen molar-refractivity contribution >= 4 is 29.9 Å². The highest BCUT2D eigenvalue weighted by atomic mass is 127. The summed E-state index contributed by atoms with van der Waals surface area (Å²) in [6.07, 6.45) is 3.75. The molecule has 1 fully saturated rings. The number of rotatable bonds is 8. The van der Waals surface area contributed by atoms with Crippen LogP contribution in [0.3, 0.4) is 0 Å². The molecule has 0 aliphatic heterocycles. The predicted molar refractivity (Wildman–Crippen MR) is 112 cm³/mol. The second-order valence-corrected chi connectivity index (χ2v) is 5.99. The molecular formula is C18H30IN3O3. The monoisotopic (exact) mass is 463 g/mol. The number of methoxy groups -OCH3 is 3. The third-order valence-corrected chi connectivity index (χ3v) is 4.31. The summed E-state index contributed by atoms with van der Waals surface area (Å²) < 4.78 is 16.1. The Morgan fingerprint density at radius 2 is 1.80 bits per heavy atom. The molecule has 0 saturated heterocycles. The maximum absolute atomic E-state index is 5.39. The van der Waals surface area contributed by atoms with E-state index in [4.69, 9.17) is 14.2 Å². The molecule has 2 N–H and O–H groups in total. The third-order valence-electron chi connectivity index (χ3n) is 4.31. The first-order chi connectivity index (χ1) is 11.7. The number of hydrogen-bond acceptors (Lipinski definition) is 4. The van der Waals surface area contributed by atoms with Crippen LogP contribution in [0.5, 0.6) is 17.2 Å². The number of nitrogens with zero attached hydrogens (tertiary/aromatic N) is 1. The summed E-state index contributed by atoms with van der Waals surface area (Å²) in [6.45, 7) is 2.86. The van der Waals surface area contributed by atoms with E-state index < -0.39 is 0 Å². The van der Waals surface area contributed by atoms with Crippen molar-refractivity contribution in [2.24, 2.45) is 10.9 Å². The summed E-state index contributed by atoms with van der Waals surface area (Å²) >= 11 is 0. The van der Waals surface area contributed by atoms with Crippen LogP contribution < -0.4 is 24.8 Å². The van der Waals surface area contributed by atoms with Gasteiger partial charge in [0, 0.05) is 19.6 Å². The van der Waals surface area contributed by atoms with Crippen molar-refractivity contribution in [3.8, 4) is 17.2 Å². The summed E-state index contributed by atoms with van der Waals surface area (Å²) in [7, 11) is 6.64. The molecule has 1 aromatic carbocycles. The van der Waals surface area contributed by atoms with Gasteiger partial charge in [0.05, 0.1) is 21.3 Å². The lowest BCUT2D eigenvalue weighted by atomic mass is 10.2. The zero-order valence-corrected chi connectivity index (χ0v) is 18.0. The topological polar surface area (TPSA) is 64.1 Å². The zero-order chi connectivity index (χ0) is 17.5. The Labute approximate surface area is 167 Å². The Bertz CT molecular complexity index is 556. The van der Waals surface area contributed by atoms with Gasteiger partial charge in [-0.15, -0.1) is 24.0 Å². The van der Waals surface area contributed by atoms with Gasteiger partial charge in [0.15, 0.2) is 17.5 Å². The van der Waals surface area contributed by atoms with E-state index in [1.165, 1.54) is 19.3 Å². The van der Waals surface area contributed by atoms with Gasteiger partial charge in [0.1, 0.15) is 0 Å². The first-order valence-corrected chi connectivity index (χ1v) is 8.42. The molecule has 0 aromatic heterocycles. The van der Waals surface area contributed by atoms with E-state index in [9.17, 15) is 0 Å². The molecule has 1 aliphatic rings. The Hall–Kier alpha value is -1.38. The van der Waals surface area contributed by atoms with Gasteiger partial charge in [-0.25, -0.2) is 0 Å². The highest BCUT2D eigenvalue weighted by Crippen LogP contribution is 2.38. The van der Waals surface area contributed by atoms with Crippen LogP contribution in [0.1, 0.15) is 31.7 Å². The number of ether oxygens (including phenoxy) is 3. The Morgan fingerprint density at radius 1 is 1.16 bits per heavy atom. The standard InChI is InChI=1S/C18H29N3O3.HI/c1-6-7-13-10-14(13)21-18(19-2)20-11-12-8-15(22-3)17(24-5)16(9-12)23-4;/h8-9,13-14H,6-7,10-11H2,1-5H3,(H2,19,20,21);1H. The second kappa shape index (κ2) is 10.6. The molecule has 0 heterocycles. The average Bonchev–Trinajstić information content (AvgIpc) is 3.35. The molecule has 2 unspecified atom stereocenters. The summed E-state index contributed by atoms with van der Waals surface area (Å²) in [4.78, 5) is 4.30. The van der Waals surface area contributed by atoms with Crippen LogP contribution in [0.15, 0.2) is 17.1 Å². The Balaban J connectivity index is 0.00000312. The highest BCUT2D eigenvalue weighted by molar-refractivity contribution is 14.0. The fraction of sp³-hybridized carbons (Fsp3) is 0.611. The van der Waals surface area contributed by atoms with Gasteiger partial charge in [-0.1, -0.05) is 13.3 Å². The number of nitrogens with one attached hydrogen (secondary N) is 2. The van der Waals surface area contributed by atoms with Crippen molar-refractivity contribution < 1.29 is 14.2 Å². The van der Waals surface area contributed by atoms with Crippen LogP contribution in [0.4, 0.5) is 0 Å². The number of hydrogen-bond donors (Lipinski definition) is 2. The minimum atomic E-state index is 0. The van der Waals surface area contributed by atoms with E-state index in [1.54, 1.807) is 28.4 Å². The van der Waals surface area contributed by atoms with Crippen LogP contribution in [0, 0.1) is 5.92 Å². The molecular weight excluding hydrogens is 433 g/mol. The minimum Gasteiger partial charge on any atom is -0.493 e. The predicted octanol–water partition coefficient (Wildman–Crippen LogP) is 3.18. The third kappa shape index (κ3) is 5.83. The first kappa shape index (κ1) is 21.7. The van der Waals surface area contributed by atoms with E-state index in [2.05, 4.69) is 22.5 Å². The molecule has 0 radical (unpaired) electrons. The van der Waals surface area contributed by atoms with Crippen LogP contribution >= 0.6 is 24.0 Å². The number of benzene rings is 1. The Kier molecular flexibility index (Phi) is 9.16. The lowest BCUT2D eigenvalue weighted by Crippen LogP contribution is -2.38. The summed E-state index contributed by atoms with van der Waals surface area (Å²) in [5.74, 6) is 3.53. The molecule has 0 amide bonds. The molecule has 1 saturated carbocycles. The molecule has 1 aromatic rings. The van der Waals surface area contributed by atoms with Crippen molar-refractivity contribution in [2.45, 2.75) is 38.8 Å². The Morgan fingerprint density at radius 3 is 2.28 bits per heavy atom. The van der Waals surface area contributed by atoms with Crippen molar-refractivity contribution in [2.75, 3.05) is 28.4 Å². The lowest BCUT2D eigenvalue weighted by molar-refractivity contribution is 0.323. The van der Waals surface area contributed by atoms with E-state index in [-0.39, 0.29) is 24.0 Å². The zero-order valence-electron chi connectivity index (χ0n) is 15.7. The van der Waals surface area contributed by atoms with Gasteiger partial charge in [0.2, 0.25) is 5.75 Å². The molecule has 2 atom stereocenters. The molecule has 142 valence electrons. The lowest BCUT2D eigenvalue weighted by Gasteiger charge is -2.16. The first-order valence-electron chi connectivity index (χ1n) is 8.42. The quantitative estimate of drug-likeness (QED) is 0.352. The van der Waals surface area contributed by atoms with E-state index >= 15 is 0 Å². The van der Waals surface area contributed by atoms with Gasteiger partial charge in [-0.3, -0.25) is 4.99 Å². The highest BCUT2D eigenvalue weighted by Gasteiger charge is 2.36. The summed E-state index contributed by atoms with van der Waals surface area (Å²) in [5.41, 5.74) is 1.04. The molecule has 0 bridgehead atoms. The minimum absolute atomic E-state index is 0. The van der Waals surface area contributed by atoms with E-state index in [0.29, 0.717) is 29.8 Å². The van der Waals surface area contributed by atoms with Gasteiger partial charge in [-0.2, -0.15) is 0 Å². The van der Waals surface area contributed by atoms with Crippen LogP contribution in [0.25, 0.3) is 0 Å². The second-order valence-electron chi connectivity index (χ2n) is 5.99. The molecule has 6 nitrogen and oxygen atoms in total. The van der Waals surface area contributed by atoms with Crippen molar-refractivity contribution in [1.29, 1.82) is 0 Å². The van der Waals surface area contributed by atoms with Gasteiger partial charge in [-0.05, 0) is 36.5 Å². The van der Waals surface area contributed by atoms with Crippen molar-refractivity contribution in [3.63, 3.8) is 0 Å². The molecule has 25 heavy (non-hydrogen) atoms. The molecule has 0 spiro atoms. The fourth-order valence-corrected chi connectivity index (χ4v) is 2.91. The van der Waals surface area contributed by atoms with E-state index in [0.717, 1.165) is 17.4 Å². The van der Waals surface area contributed by atoms with Crippen LogP contribution in [-0.2, 0) is 6.54 Å². The summed E-state index contributed by atoms with van der Waals surface area (Å²) in [6, 6.07) is 4.44. The molecule has 7 heteroatoms. The van der Waals surface area contributed by atoms with Gasteiger partial charge >= 0.3 is 0 Å². The molecule has 2 rings (SSSR count). The molecule has 1 aliphatic carbocycles. The average molecular weight is 463 g/mol. The fourth-order valence-electron chi connectivity index (χ4n) is 2.91. The normalized spacial score (nSPS) is 18.8. The largest absolute Gasteiger partial charge is 0.493 e. The van der Waals surface area contributed by atoms with E-state index in [1.807, 2.05) is 12.1 Å². The summed E-state index contributed by atoms with van der Waals surface area (Å²) in [5, 5.41) is 6.82. The maximum atomic E-state index is 5.39. The van der Waals surface area contributed by atoms with Crippen molar-refractivity contribution in [1.82, 2.24) is 10.6 Å². The number of aliphatic imine (C=N–C) groups is 1. The SMILES string of the molecule is CCCC1CC1NC(=NC)NCc1cc(OC)c(OC)c(OC)c1.I. The van der Waals surface area contributed by atoms with Gasteiger partial charge in [0.25, 0.3) is 0 Å². The van der Waals surface area contributed by atoms with Gasteiger partial charge < -0.3 is 24.8 Å². The van der Waals surface area contributed by atoms with Crippen molar-refractivity contribution in [3.05, 3.63) is 17.7 Å². The van der Waals surface area contributed by atoms with Crippen LogP contribution in [-0.4, -0.2) is 40.4 Å². The number of guanidine groups is 1. The number of halogens is 1. The maximum Gasteiger partial charge on any atom is 0.203 e. The smallest absolute Gasteiger partial charge is 0.203 e.